The standard InChI is InChI=1S/C13H18N2O2/c1-10-2-4-11(5-3-10)17-9-8-15-12(16)13(14)6-7-13/h2-5H,6-9,14H2,1H3,(H,15,16). The number of ether oxygens (including phenoxy) is 1. The molecule has 0 aromatic heterocycles. The highest BCUT2D eigenvalue weighted by Gasteiger charge is 2.45. The number of hydrogen-bond acceptors (Lipinski definition) is 3. The molecule has 4 heteroatoms. The van der Waals surface area contributed by atoms with Crippen LogP contribution in [0.2, 0.25) is 0 Å². The SMILES string of the molecule is Cc1ccc(OCCNC(=O)C2(N)CC2)cc1. The smallest absolute Gasteiger partial charge is 0.240 e. The van der Waals surface area contributed by atoms with Gasteiger partial charge in [0.25, 0.3) is 0 Å². The van der Waals surface area contributed by atoms with Crippen LogP contribution in [0.4, 0.5) is 0 Å². The van der Waals surface area contributed by atoms with Gasteiger partial charge in [0, 0.05) is 0 Å². The van der Waals surface area contributed by atoms with Gasteiger partial charge in [-0.1, -0.05) is 17.7 Å². The van der Waals surface area contributed by atoms with Gasteiger partial charge in [0.1, 0.15) is 12.4 Å². The maximum Gasteiger partial charge on any atom is 0.240 e. The van der Waals surface area contributed by atoms with Crippen LogP contribution in [0.5, 0.6) is 5.75 Å². The van der Waals surface area contributed by atoms with E-state index in [1.807, 2.05) is 31.2 Å². The second kappa shape index (κ2) is 4.75. The number of benzene rings is 1. The molecule has 0 radical (unpaired) electrons. The van der Waals surface area contributed by atoms with E-state index in [0.29, 0.717) is 13.2 Å². The highest BCUT2D eigenvalue weighted by Crippen LogP contribution is 2.31. The van der Waals surface area contributed by atoms with Crippen molar-refractivity contribution in [3.63, 3.8) is 0 Å². The Bertz CT molecular complexity index is 396. The predicted octanol–water partition coefficient (Wildman–Crippen LogP) is 0.981. The zero-order valence-corrected chi connectivity index (χ0v) is 10.0. The molecule has 1 amide bonds. The number of aryl methyl sites for hydroxylation is 1. The summed E-state index contributed by atoms with van der Waals surface area (Å²) in [6.07, 6.45) is 1.58. The summed E-state index contributed by atoms with van der Waals surface area (Å²) in [7, 11) is 0. The third-order valence-electron chi connectivity index (χ3n) is 2.92. The molecule has 17 heavy (non-hydrogen) atoms. The summed E-state index contributed by atoms with van der Waals surface area (Å²) in [5, 5.41) is 2.78. The van der Waals surface area contributed by atoms with Gasteiger partial charge in [-0.2, -0.15) is 0 Å². The maximum atomic E-state index is 11.5. The highest BCUT2D eigenvalue weighted by atomic mass is 16.5. The zero-order chi connectivity index (χ0) is 12.3. The number of rotatable bonds is 5. The van der Waals surface area contributed by atoms with Crippen LogP contribution in [-0.2, 0) is 4.79 Å². The lowest BCUT2D eigenvalue weighted by molar-refractivity contribution is -0.123. The van der Waals surface area contributed by atoms with E-state index in [1.165, 1.54) is 5.56 Å². The van der Waals surface area contributed by atoms with Crippen LogP contribution < -0.4 is 15.8 Å². The molecule has 0 spiro atoms. The summed E-state index contributed by atoms with van der Waals surface area (Å²) < 4.78 is 5.49. The lowest BCUT2D eigenvalue weighted by atomic mass is 10.2. The zero-order valence-electron chi connectivity index (χ0n) is 10.0. The fourth-order valence-corrected chi connectivity index (χ4v) is 1.51. The van der Waals surface area contributed by atoms with Crippen LogP contribution in [0.1, 0.15) is 18.4 Å². The van der Waals surface area contributed by atoms with Crippen molar-refractivity contribution in [3.05, 3.63) is 29.8 Å². The quantitative estimate of drug-likeness (QED) is 0.746. The van der Waals surface area contributed by atoms with Crippen molar-refractivity contribution in [3.8, 4) is 5.75 Å². The van der Waals surface area contributed by atoms with Crippen LogP contribution >= 0.6 is 0 Å². The number of carbonyl (C=O) groups excluding carboxylic acids is 1. The Labute approximate surface area is 101 Å². The molecule has 0 saturated heterocycles. The van der Waals surface area contributed by atoms with E-state index >= 15 is 0 Å². The van der Waals surface area contributed by atoms with Crippen molar-refractivity contribution < 1.29 is 9.53 Å². The summed E-state index contributed by atoms with van der Waals surface area (Å²) in [6, 6.07) is 7.82. The van der Waals surface area contributed by atoms with Crippen molar-refractivity contribution in [2.75, 3.05) is 13.2 Å². The van der Waals surface area contributed by atoms with E-state index in [2.05, 4.69) is 5.32 Å². The minimum absolute atomic E-state index is 0.0648. The van der Waals surface area contributed by atoms with Gasteiger partial charge in [-0.25, -0.2) is 0 Å². The van der Waals surface area contributed by atoms with E-state index < -0.39 is 5.54 Å². The molecular formula is C13H18N2O2. The van der Waals surface area contributed by atoms with Crippen LogP contribution in [0, 0.1) is 6.92 Å². The number of hydrogen-bond donors (Lipinski definition) is 2. The van der Waals surface area contributed by atoms with Gasteiger partial charge in [0.15, 0.2) is 0 Å². The summed E-state index contributed by atoms with van der Waals surface area (Å²) >= 11 is 0. The van der Waals surface area contributed by atoms with E-state index in [9.17, 15) is 4.79 Å². The van der Waals surface area contributed by atoms with E-state index in [0.717, 1.165) is 18.6 Å². The van der Waals surface area contributed by atoms with Crippen molar-refractivity contribution in [2.45, 2.75) is 25.3 Å². The van der Waals surface area contributed by atoms with Gasteiger partial charge < -0.3 is 15.8 Å². The molecule has 0 heterocycles. The van der Waals surface area contributed by atoms with Crippen molar-refractivity contribution in [1.29, 1.82) is 0 Å². The predicted molar refractivity (Wildman–Crippen MR) is 65.8 cm³/mol. The summed E-state index contributed by atoms with van der Waals surface area (Å²) in [5.74, 6) is 0.753. The maximum absolute atomic E-state index is 11.5. The van der Waals surface area contributed by atoms with Gasteiger partial charge >= 0.3 is 0 Å². The van der Waals surface area contributed by atoms with Gasteiger partial charge in [0.05, 0.1) is 12.1 Å². The molecule has 92 valence electrons. The Hall–Kier alpha value is -1.55. The van der Waals surface area contributed by atoms with Crippen LogP contribution in [0.3, 0.4) is 0 Å². The molecular weight excluding hydrogens is 216 g/mol. The van der Waals surface area contributed by atoms with Crippen LogP contribution in [-0.4, -0.2) is 24.6 Å². The fourth-order valence-electron chi connectivity index (χ4n) is 1.51. The molecule has 0 aliphatic heterocycles. The molecule has 1 saturated carbocycles. The molecule has 1 aliphatic rings. The molecule has 2 rings (SSSR count). The molecule has 1 aromatic rings. The Morgan fingerprint density at radius 2 is 2.06 bits per heavy atom. The first kappa shape index (κ1) is 11.9. The first-order valence-corrected chi connectivity index (χ1v) is 5.87. The first-order chi connectivity index (χ1) is 8.10. The minimum Gasteiger partial charge on any atom is -0.492 e. The normalized spacial score (nSPS) is 16.4. The number of nitrogens with two attached hydrogens (primary N) is 1. The van der Waals surface area contributed by atoms with Crippen molar-refractivity contribution in [2.24, 2.45) is 5.73 Å². The number of nitrogens with one attached hydrogen (secondary N) is 1. The molecule has 0 unspecified atom stereocenters. The summed E-state index contributed by atoms with van der Waals surface area (Å²) in [6.45, 7) is 2.98. The largest absolute Gasteiger partial charge is 0.492 e. The van der Waals surface area contributed by atoms with Gasteiger partial charge in [0.2, 0.25) is 5.91 Å². The average molecular weight is 234 g/mol. The van der Waals surface area contributed by atoms with E-state index in [1.54, 1.807) is 0 Å². The lowest BCUT2D eigenvalue weighted by Crippen LogP contribution is -2.44. The van der Waals surface area contributed by atoms with Gasteiger partial charge in [-0.3, -0.25) is 4.79 Å². The first-order valence-electron chi connectivity index (χ1n) is 5.87. The second-order valence-corrected chi connectivity index (χ2v) is 4.57. The Kier molecular flexibility index (Phi) is 3.33. The molecule has 1 aromatic carbocycles. The molecule has 0 atom stereocenters. The summed E-state index contributed by atoms with van der Waals surface area (Å²) in [5.41, 5.74) is 6.35. The Morgan fingerprint density at radius 3 is 2.65 bits per heavy atom. The topological polar surface area (TPSA) is 64.3 Å². The van der Waals surface area contributed by atoms with Crippen molar-refractivity contribution in [1.82, 2.24) is 5.32 Å². The fraction of sp³-hybridized carbons (Fsp3) is 0.462. The van der Waals surface area contributed by atoms with Gasteiger partial charge in [-0.15, -0.1) is 0 Å². The Morgan fingerprint density at radius 1 is 1.41 bits per heavy atom. The van der Waals surface area contributed by atoms with Crippen molar-refractivity contribution >= 4 is 5.91 Å². The van der Waals surface area contributed by atoms with Gasteiger partial charge in [-0.05, 0) is 31.9 Å². The third kappa shape index (κ3) is 3.20. The summed E-state index contributed by atoms with van der Waals surface area (Å²) in [4.78, 5) is 11.5. The molecule has 1 aliphatic carbocycles. The van der Waals surface area contributed by atoms with E-state index in [-0.39, 0.29) is 5.91 Å². The third-order valence-corrected chi connectivity index (χ3v) is 2.92. The number of carbonyl (C=O) groups is 1. The molecule has 0 bridgehead atoms. The van der Waals surface area contributed by atoms with Crippen LogP contribution in [0.15, 0.2) is 24.3 Å². The highest BCUT2D eigenvalue weighted by molar-refractivity contribution is 5.88. The van der Waals surface area contributed by atoms with Crippen LogP contribution in [0.25, 0.3) is 0 Å². The monoisotopic (exact) mass is 234 g/mol. The second-order valence-electron chi connectivity index (χ2n) is 4.57. The molecule has 3 N–H and O–H groups in total. The average Bonchev–Trinajstić information content (AvgIpc) is 3.06. The molecule has 4 nitrogen and oxygen atoms in total. The lowest BCUT2D eigenvalue weighted by Gasteiger charge is -2.10. The molecule has 1 fully saturated rings. The van der Waals surface area contributed by atoms with E-state index in [4.69, 9.17) is 10.5 Å². The minimum atomic E-state index is -0.593. The number of amides is 1. The Balaban J connectivity index is 1.66.